The van der Waals surface area contributed by atoms with Crippen LogP contribution in [0.2, 0.25) is 0 Å². The third-order valence-electron chi connectivity index (χ3n) is 9.16. The Hall–Kier alpha value is -2.44. The molecule has 1 aliphatic heterocycles. The molecule has 1 aliphatic rings. The number of nitrogens with two attached hydrogens (primary N) is 1. The van der Waals surface area contributed by atoms with Gasteiger partial charge in [-0.3, -0.25) is 14.4 Å². The average molecular weight is 685 g/mol. The summed E-state index contributed by atoms with van der Waals surface area (Å²) in [5.41, 5.74) is 7.00. The number of carbonyl (C=O) groups is 3. The first-order chi connectivity index (χ1) is 22.0. The lowest BCUT2D eigenvalue weighted by molar-refractivity contribution is -0.147. The molecule has 1 heterocycles. The van der Waals surface area contributed by atoms with Gasteiger partial charge in [-0.1, -0.05) is 39.8 Å². The van der Waals surface area contributed by atoms with Crippen LogP contribution in [-0.2, 0) is 19.1 Å². The van der Waals surface area contributed by atoms with Crippen molar-refractivity contribution < 1.29 is 33.7 Å². The predicted octanol–water partition coefficient (Wildman–Crippen LogP) is 3.66. The van der Waals surface area contributed by atoms with Crippen molar-refractivity contribution in [1.82, 2.24) is 15.5 Å². The van der Waals surface area contributed by atoms with Crippen LogP contribution >= 0.6 is 12.4 Å². The Morgan fingerprint density at radius 2 is 1.64 bits per heavy atom. The Balaban J connectivity index is 0.0000110. The molecule has 0 radical (unpaired) electrons. The molecule has 0 aromatic heterocycles. The number of piperidine rings is 1. The van der Waals surface area contributed by atoms with Crippen molar-refractivity contribution in [1.29, 1.82) is 0 Å². The molecule has 1 aromatic carbocycles. The quantitative estimate of drug-likeness (QED) is 0.112. The van der Waals surface area contributed by atoms with Crippen molar-refractivity contribution in [2.75, 3.05) is 60.2 Å². The first-order valence-corrected chi connectivity index (χ1v) is 17.0. The minimum Gasteiger partial charge on any atom is -0.493 e. The molecule has 12 heteroatoms. The Bertz CT molecular complexity index is 1050. The standard InChI is InChI=1S/C35H60N4O7.ClH/c1-24(2)27(23-38-33(41)28-11-7-8-12-32(28)46-20-10-9-19-44-5)21-30(36)31(40)22-29(25(3)4)34(42)37-15-18-39-16-13-26(14-17-39)35(43)45-6;/h7-8,11-12,24-27,29-31,40H,9-10,13-23,36H2,1-6H3,(H,37,42)(H,38,41);1H. The summed E-state index contributed by atoms with van der Waals surface area (Å²) in [6, 6.07) is 6.67. The molecule has 5 N–H and O–H groups in total. The van der Waals surface area contributed by atoms with Gasteiger partial charge in [-0.2, -0.15) is 0 Å². The summed E-state index contributed by atoms with van der Waals surface area (Å²) >= 11 is 0. The van der Waals surface area contributed by atoms with Crippen molar-refractivity contribution in [3.8, 4) is 5.75 Å². The number of hydrogen-bond acceptors (Lipinski definition) is 9. The average Bonchev–Trinajstić information content (AvgIpc) is 3.04. The van der Waals surface area contributed by atoms with Crippen LogP contribution in [0, 0.1) is 29.6 Å². The molecule has 4 unspecified atom stereocenters. The van der Waals surface area contributed by atoms with Crippen LogP contribution in [0.1, 0.15) is 76.6 Å². The van der Waals surface area contributed by atoms with Gasteiger partial charge >= 0.3 is 5.97 Å². The fraction of sp³-hybridized carbons (Fsp3) is 0.743. The van der Waals surface area contributed by atoms with Gasteiger partial charge in [0.2, 0.25) is 5.91 Å². The van der Waals surface area contributed by atoms with E-state index in [0.717, 1.165) is 38.8 Å². The number of nitrogens with one attached hydrogen (secondary N) is 2. The number of benzene rings is 1. The van der Waals surface area contributed by atoms with Gasteiger partial charge in [-0.15, -0.1) is 12.4 Å². The van der Waals surface area contributed by atoms with Crippen molar-refractivity contribution in [3.63, 3.8) is 0 Å². The van der Waals surface area contributed by atoms with Crippen LogP contribution in [0.5, 0.6) is 5.75 Å². The number of nitrogens with zero attached hydrogens (tertiary/aromatic N) is 1. The number of aliphatic hydroxyl groups excluding tert-OH is 1. The maximum Gasteiger partial charge on any atom is 0.308 e. The van der Waals surface area contributed by atoms with Crippen molar-refractivity contribution in [2.24, 2.45) is 35.3 Å². The first kappa shape index (κ1) is 42.6. The number of aliphatic hydroxyl groups is 1. The van der Waals surface area contributed by atoms with Gasteiger partial charge in [0.05, 0.1) is 31.3 Å². The highest BCUT2D eigenvalue weighted by molar-refractivity contribution is 5.96. The predicted molar refractivity (Wildman–Crippen MR) is 187 cm³/mol. The molecule has 2 amide bonds. The number of rotatable bonds is 21. The highest BCUT2D eigenvalue weighted by atomic mass is 35.5. The second kappa shape index (κ2) is 23.0. The SMILES string of the molecule is COCCCCOc1ccccc1C(=O)NCC(CC(N)C(O)CC(C(=O)NCCN1CCC(C(=O)OC)CC1)C(C)C)C(C)C.Cl. The summed E-state index contributed by atoms with van der Waals surface area (Å²) in [6.07, 6.45) is 3.15. The number of likely N-dealkylation sites (tertiary alicyclic amines) is 1. The summed E-state index contributed by atoms with van der Waals surface area (Å²) in [5, 5.41) is 17.2. The molecule has 1 fully saturated rings. The maximum atomic E-state index is 13.1. The number of methoxy groups -OCH3 is 2. The van der Waals surface area contributed by atoms with E-state index < -0.39 is 12.1 Å². The van der Waals surface area contributed by atoms with E-state index in [1.54, 1.807) is 19.2 Å². The van der Waals surface area contributed by atoms with Crippen LogP contribution in [0.3, 0.4) is 0 Å². The van der Waals surface area contributed by atoms with Gasteiger partial charge in [-0.05, 0) is 81.5 Å². The molecule has 0 bridgehead atoms. The molecule has 4 atom stereocenters. The zero-order valence-corrected chi connectivity index (χ0v) is 30.2. The molecule has 2 rings (SSSR count). The van der Waals surface area contributed by atoms with Gasteiger partial charge in [0.25, 0.3) is 5.91 Å². The Morgan fingerprint density at radius 1 is 0.979 bits per heavy atom. The topological polar surface area (TPSA) is 152 Å². The molecular weight excluding hydrogens is 624 g/mol. The van der Waals surface area contributed by atoms with Gasteiger partial charge < -0.3 is 40.6 Å². The second-order valence-electron chi connectivity index (χ2n) is 13.2. The Morgan fingerprint density at radius 3 is 2.26 bits per heavy atom. The van der Waals surface area contributed by atoms with E-state index in [9.17, 15) is 19.5 Å². The Labute approximate surface area is 288 Å². The molecule has 47 heavy (non-hydrogen) atoms. The van der Waals surface area contributed by atoms with Gasteiger partial charge in [0.1, 0.15) is 5.75 Å². The third kappa shape index (κ3) is 15.1. The molecule has 1 saturated heterocycles. The van der Waals surface area contributed by atoms with Gasteiger partial charge in [-0.25, -0.2) is 0 Å². The van der Waals surface area contributed by atoms with Crippen LogP contribution in [-0.4, -0.2) is 100 Å². The first-order valence-electron chi connectivity index (χ1n) is 17.0. The summed E-state index contributed by atoms with van der Waals surface area (Å²) in [7, 11) is 3.10. The van der Waals surface area contributed by atoms with E-state index in [4.69, 9.17) is 19.9 Å². The number of amides is 2. The van der Waals surface area contributed by atoms with E-state index in [1.807, 2.05) is 26.0 Å². The molecule has 1 aromatic rings. The van der Waals surface area contributed by atoms with E-state index >= 15 is 0 Å². The van der Waals surface area contributed by atoms with Crippen LogP contribution in [0.4, 0.5) is 0 Å². The van der Waals surface area contributed by atoms with Crippen LogP contribution < -0.4 is 21.1 Å². The number of carbonyl (C=O) groups excluding carboxylic acids is 3. The number of unbranched alkanes of at least 4 members (excludes halogenated alkanes) is 1. The fourth-order valence-corrected chi connectivity index (χ4v) is 5.87. The highest BCUT2D eigenvalue weighted by Crippen LogP contribution is 2.24. The normalized spacial score (nSPS) is 16.6. The number of para-hydroxylation sites is 1. The molecule has 0 spiro atoms. The minimum atomic E-state index is -0.861. The zero-order valence-electron chi connectivity index (χ0n) is 29.4. The number of hydrogen-bond donors (Lipinski definition) is 4. The summed E-state index contributed by atoms with van der Waals surface area (Å²) < 4.78 is 15.8. The number of halogens is 1. The lowest BCUT2D eigenvalue weighted by Crippen LogP contribution is -2.45. The largest absolute Gasteiger partial charge is 0.493 e. The van der Waals surface area contributed by atoms with E-state index in [1.165, 1.54) is 7.11 Å². The molecule has 11 nitrogen and oxygen atoms in total. The maximum absolute atomic E-state index is 13.1. The van der Waals surface area contributed by atoms with E-state index in [0.29, 0.717) is 50.6 Å². The number of ether oxygens (including phenoxy) is 3. The monoisotopic (exact) mass is 684 g/mol. The van der Waals surface area contributed by atoms with Crippen molar-refractivity contribution in [2.45, 2.75) is 78.4 Å². The van der Waals surface area contributed by atoms with Gasteiger partial charge in [0, 0.05) is 45.3 Å². The molecule has 0 saturated carbocycles. The van der Waals surface area contributed by atoms with E-state index in [2.05, 4.69) is 29.4 Å². The van der Waals surface area contributed by atoms with E-state index in [-0.39, 0.29) is 66.2 Å². The van der Waals surface area contributed by atoms with Gasteiger partial charge in [0.15, 0.2) is 0 Å². The highest BCUT2D eigenvalue weighted by Gasteiger charge is 2.30. The lowest BCUT2D eigenvalue weighted by atomic mass is 9.83. The third-order valence-corrected chi connectivity index (χ3v) is 9.16. The fourth-order valence-electron chi connectivity index (χ4n) is 5.87. The second-order valence-corrected chi connectivity index (χ2v) is 13.2. The van der Waals surface area contributed by atoms with Crippen LogP contribution in [0.25, 0.3) is 0 Å². The summed E-state index contributed by atoms with van der Waals surface area (Å²) in [4.78, 5) is 40.3. The summed E-state index contributed by atoms with van der Waals surface area (Å²) in [6.45, 7) is 12.5. The van der Waals surface area contributed by atoms with Crippen LogP contribution in [0.15, 0.2) is 24.3 Å². The minimum absolute atomic E-state index is 0. The van der Waals surface area contributed by atoms with Crippen molar-refractivity contribution in [3.05, 3.63) is 29.8 Å². The smallest absolute Gasteiger partial charge is 0.308 e. The lowest BCUT2D eigenvalue weighted by Gasteiger charge is -2.31. The summed E-state index contributed by atoms with van der Waals surface area (Å²) in [5.74, 6) is -0.0458. The van der Waals surface area contributed by atoms with Crippen molar-refractivity contribution >= 4 is 30.2 Å². The molecule has 270 valence electrons. The molecule has 0 aliphatic carbocycles. The number of esters is 1. The zero-order chi connectivity index (χ0) is 34.1. The molecular formula is C35H61ClN4O7. The Kier molecular flexibility index (Phi) is 20.8.